The summed E-state index contributed by atoms with van der Waals surface area (Å²) >= 11 is 13.3. The van der Waals surface area contributed by atoms with Crippen molar-refractivity contribution in [2.75, 3.05) is 6.61 Å². The number of halogens is 2. The van der Waals surface area contributed by atoms with E-state index in [9.17, 15) is 9.90 Å². The summed E-state index contributed by atoms with van der Waals surface area (Å²) in [7, 11) is 0. The highest BCUT2D eigenvalue weighted by molar-refractivity contribution is 7.16. The van der Waals surface area contributed by atoms with Crippen molar-refractivity contribution in [3.63, 3.8) is 0 Å². The average Bonchev–Trinajstić information content (AvgIpc) is 2.85. The van der Waals surface area contributed by atoms with E-state index in [1.807, 2.05) is 13.0 Å². The summed E-state index contributed by atoms with van der Waals surface area (Å²) < 4.78 is 5.95. The van der Waals surface area contributed by atoms with Crippen LogP contribution in [0, 0.1) is 0 Å². The quantitative estimate of drug-likeness (QED) is 0.813. The van der Waals surface area contributed by atoms with Gasteiger partial charge in [-0.05, 0) is 43.2 Å². The summed E-state index contributed by atoms with van der Waals surface area (Å²) in [6.07, 6.45) is 0.359. The predicted molar refractivity (Wildman–Crippen MR) is 86.0 cm³/mol. The maximum atomic E-state index is 11.5. The van der Waals surface area contributed by atoms with Gasteiger partial charge in [-0.25, -0.2) is 0 Å². The summed E-state index contributed by atoms with van der Waals surface area (Å²) in [6.45, 7) is 2.41. The van der Waals surface area contributed by atoms with Gasteiger partial charge in [0.05, 0.1) is 21.9 Å². The summed E-state index contributed by atoms with van der Waals surface area (Å²) in [5, 5.41) is 9.90. The smallest absolute Gasteiger partial charge is 0.312 e. The van der Waals surface area contributed by atoms with Crippen LogP contribution in [0.4, 0.5) is 0 Å². The summed E-state index contributed by atoms with van der Waals surface area (Å²) in [5.74, 6) is -0.899. The Morgan fingerprint density at radius 2 is 2.10 bits per heavy atom. The highest BCUT2D eigenvalue weighted by Gasteiger charge is 2.22. The van der Waals surface area contributed by atoms with Crippen molar-refractivity contribution in [1.29, 1.82) is 0 Å². The van der Waals surface area contributed by atoms with Crippen molar-refractivity contribution >= 4 is 40.5 Å². The Bertz CT molecular complexity index is 640. The zero-order chi connectivity index (χ0) is 15.4. The number of ether oxygens (including phenoxy) is 1. The van der Waals surface area contributed by atoms with E-state index in [4.69, 9.17) is 27.9 Å². The Morgan fingerprint density at radius 1 is 1.33 bits per heavy atom. The zero-order valence-corrected chi connectivity index (χ0v) is 13.6. The van der Waals surface area contributed by atoms with E-state index in [-0.39, 0.29) is 0 Å². The minimum Gasteiger partial charge on any atom is -0.492 e. The van der Waals surface area contributed by atoms with Gasteiger partial charge >= 0.3 is 5.97 Å². The first-order valence-electron chi connectivity index (χ1n) is 6.40. The third-order valence-electron chi connectivity index (χ3n) is 2.97. The molecule has 2 aromatic rings. The number of rotatable bonds is 6. The number of hydrogen-bond acceptors (Lipinski definition) is 3. The molecule has 1 heterocycles. The minimum absolute atomic E-state index is 0.359. The van der Waals surface area contributed by atoms with E-state index in [0.717, 1.165) is 10.4 Å². The molecule has 0 bridgehead atoms. The first-order chi connectivity index (χ1) is 10.0. The van der Waals surface area contributed by atoms with Crippen molar-refractivity contribution in [2.24, 2.45) is 0 Å². The van der Waals surface area contributed by atoms with Crippen LogP contribution in [0.25, 0.3) is 0 Å². The number of carboxylic acids is 1. The summed E-state index contributed by atoms with van der Waals surface area (Å²) in [4.78, 5) is 12.2. The number of carbonyl (C=O) groups is 1. The van der Waals surface area contributed by atoms with Crippen LogP contribution in [-0.4, -0.2) is 17.7 Å². The van der Waals surface area contributed by atoms with Gasteiger partial charge in [-0.15, -0.1) is 11.3 Å². The number of carboxylic acid groups (broad SMARTS) is 1. The van der Waals surface area contributed by atoms with Crippen LogP contribution in [0.5, 0.6) is 5.75 Å². The van der Waals surface area contributed by atoms with Gasteiger partial charge in [0, 0.05) is 4.88 Å². The van der Waals surface area contributed by atoms with Crippen LogP contribution in [0.1, 0.15) is 23.3 Å². The molecule has 0 aliphatic rings. The molecule has 2 rings (SSSR count). The van der Waals surface area contributed by atoms with Crippen LogP contribution in [-0.2, 0) is 11.2 Å². The van der Waals surface area contributed by atoms with Crippen LogP contribution in [0.3, 0.4) is 0 Å². The van der Waals surface area contributed by atoms with Crippen LogP contribution >= 0.6 is 34.5 Å². The lowest BCUT2D eigenvalue weighted by Crippen LogP contribution is -2.13. The third-order valence-corrected chi connectivity index (χ3v) is 4.61. The topological polar surface area (TPSA) is 46.5 Å². The standard InChI is InChI=1S/C15H14Cl2O3S/c1-2-20-12-4-3-9(8-11(12)16)7-10(15(18)19)13-5-6-14(17)21-13/h3-6,8,10H,2,7H2,1H3,(H,18,19). The molecule has 3 nitrogen and oxygen atoms in total. The van der Waals surface area contributed by atoms with Gasteiger partial charge in [0.25, 0.3) is 0 Å². The van der Waals surface area contributed by atoms with E-state index in [2.05, 4.69) is 0 Å². The van der Waals surface area contributed by atoms with Gasteiger partial charge in [0.15, 0.2) is 0 Å². The van der Waals surface area contributed by atoms with Gasteiger partial charge in [-0.1, -0.05) is 29.3 Å². The highest BCUT2D eigenvalue weighted by atomic mass is 35.5. The van der Waals surface area contributed by atoms with Crippen LogP contribution in [0.2, 0.25) is 9.36 Å². The van der Waals surface area contributed by atoms with Crippen molar-refractivity contribution in [3.05, 3.63) is 50.1 Å². The van der Waals surface area contributed by atoms with E-state index in [1.165, 1.54) is 11.3 Å². The Balaban J connectivity index is 2.21. The second-order valence-corrected chi connectivity index (χ2v) is 6.59. The Morgan fingerprint density at radius 3 is 2.62 bits per heavy atom. The number of thiophene rings is 1. The van der Waals surface area contributed by atoms with E-state index in [0.29, 0.717) is 28.1 Å². The van der Waals surface area contributed by atoms with E-state index < -0.39 is 11.9 Å². The molecule has 1 unspecified atom stereocenters. The zero-order valence-electron chi connectivity index (χ0n) is 11.3. The van der Waals surface area contributed by atoms with Crippen molar-refractivity contribution < 1.29 is 14.6 Å². The molecule has 21 heavy (non-hydrogen) atoms. The van der Waals surface area contributed by atoms with Crippen molar-refractivity contribution in [1.82, 2.24) is 0 Å². The van der Waals surface area contributed by atoms with E-state index in [1.54, 1.807) is 24.3 Å². The molecular weight excluding hydrogens is 331 g/mol. The molecule has 112 valence electrons. The molecule has 0 fully saturated rings. The lowest BCUT2D eigenvalue weighted by atomic mass is 9.98. The molecule has 0 radical (unpaired) electrons. The molecule has 1 aromatic carbocycles. The fourth-order valence-electron chi connectivity index (χ4n) is 2.00. The molecule has 0 spiro atoms. The Kier molecular flexibility index (Phi) is 5.51. The second kappa shape index (κ2) is 7.16. The molecular formula is C15H14Cl2O3S. The fourth-order valence-corrected chi connectivity index (χ4v) is 3.42. The first kappa shape index (κ1) is 16.1. The number of benzene rings is 1. The molecule has 1 N–H and O–H groups in total. The van der Waals surface area contributed by atoms with Crippen LogP contribution in [0.15, 0.2) is 30.3 Å². The molecule has 0 aliphatic heterocycles. The maximum Gasteiger partial charge on any atom is 0.312 e. The van der Waals surface area contributed by atoms with Gasteiger partial charge in [-0.2, -0.15) is 0 Å². The van der Waals surface area contributed by atoms with Gasteiger partial charge < -0.3 is 9.84 Å². The average molecular weight is 345 g/mol. The fraction of sp³-hybridized carbons (Fsp3) is 0.267. The lowest BCUT2D eigenvalue weighted by Gasteiger charge is -2.12. The van der Waals surface area contributed by atoms with Gasteiger partial charge in [0.2, 0.25) is 0 Å². The monoisotopic (exact) mass is 344 g/mol. The van der Waals surface area contributed by atoms with Gasteiger partial charge in [-0.3, -0.25) is 4.79 Å². The molecule has 1 atom stereocenters. The largest absolute Gasteiger partial charge is 0.492 e. The van der Waals surface area contributed by atoms with Crippen LogP contribution < -0.4 is 4.74 Å². The minimum atomic E-state index is -0.876. The molecule has 1 aromatic heterocycles. The first-order valence-corrected chi connectivity index (χ1v) is 7.97. The van der Waals surface area contributed by atoms with Crippen molar-refractivity contribution in [3.8, 4) is 5.75 Å². The SMILES string of the molecule is CCOc1ccc(CC(C(=O)O)c2ccc(Cl)s2)cc1Cl. The number of hydrogen-bond donors (Lipinski definition) is 1. The lowest BCUT2D eigenvalue weighted by molar-refractivity contribution is -0.138. The normalized spacial score (nSPS) is 12.1. The molecule has 0 saturated carbocycles. The Labute approximate surface area is 137 Å². The maximum absolute atomic E-state index is 11.5. The second-order valence-electron chi connectivity index (χ2n) is 4.43. The summed E-state index contributed by atoms with van der Waals surface area (Å²) in [6, 6.07) is 8.81. The predicted octanol–water partition coefficient (Wildman–Crippen LogP) is 4.86. The Hall–Kier alpha value is -1.23. The molecule has 0 saturated heterocycles. The summed E-state index contributed by atoms with van der Waals surface area (Å²) in [5.41, 5.74) is 0.848. The van der Waals surface area contributed by atoms with Gasteiger partial charge in [0.1, 0.15) is 5.75 Å². The molecule has 0 amide bonds. The van der Waals surface area contributed by atoms with Crippen molar-refractivity contribution in [2.45, 2.75) is 19.3 Å². The molecule has 6 heteroatoms. The number of aliphatic carboxylic acids is 1. The third kappa shape index (κ3) is 4.13. The highest BCUT2D eigenvalue weighted by Crippen LogP contribution is 2.32. The van der Waals surface area contributed by atoms with E-state index >= 15 is 0 Å². The molecule has 0 aliphatic carbocycles.